The molecule has 4 rings (SSSR count). The molecule has 0 spiro atoms. The van der Waals surface area contributed by atoms with Gasteiger partial charge in [0.1, 0.15) is 5.52 Å². The van der Waals surface area contributed by atoms with Crippen molar-refractivity contribution in [2.24, 2.45) is 0 Å². The van der Waals surface area contributed by atoms with E-state index in [0.717, 1.165) is 23.8 Å². The predicted molar refractivity (Wildman–Crippen MR) is 131 cm³/mol. The molecule has 1 aliphatic heterocycles. The van der Waals surface area contributed by atoms with Crippen LogP contribution < -0.4 is 4.90 Å². The molecule has 3 aromatic rings. The van der Waals surface area contributed by atoms with E-state index in [-0.39, 0.29) is 10.8 Å². The minimum absolute atomic E-state index is 0.151. The fourth-order valence-corrected chi connectivity index (χ4v) is 5.96. The minimum Gasteiger partial charge on any atom is -0.379 e. The zero-order valence-electron chi connectivity index (χ0n) is 17.3. The van der Waals surface area contributed by atoms with Crippen LogP contribution in [-0.4, -0.2) is 69.9 Å². The Kier molecular flexibility index (Phi) is 7.18. The molecule has 1 amide bonds. The number of rotatable bonds is 6. The molecule has 0 atom stereocenters. The smallest absolute Gasteiger partial charge is 0.261 e. The van der Waals surface area contributed by atoms with Crippen LogP contribution in [0.3, 0.4) is 0 Å². The number of sulfone groups is 1. The van der Waals surface area contributed by atoms with E-state index in [0.29, 0.717) is 52.2 Å². The number of thiazole rings is 1. The first-order chi connectivity index (χ1) is 15.2. The number of aromatic nitrogens is 1. The second-order valence-corrected chi connectivity index (χ2v) is 11.7. The van der Waals surface area contributed by atoms with Crippen molar-refractivity contribution >= 4 is 70.0 Å². The largest absolute Gasteiger partial charge is 0.379 e. The van der Waals surface area contributed by atoms with E-state index in [1.807, 2.05) is 6.07 Å². The highest BCUT2D eigenvalue weighted by Gasteiger charge is 2.26. The molecule has 2 aromatic carbocycles. The maximum Gasteiger partial charge on any atom is 0.261 e. The van der Waals surface area contributed by atoms with Crippen LogP contribution in [0.25, 0.3) is 10.2 Å². The number of fused-ring (bicyclic) bond motifs is 1. The standard InChI is InChI=1S/C21H21BrClN3O4S2/c1-32(28,29)18-4-2-3-17-19(18)24-21(31-17)26(8-7-25-9-11-30-12-10-25)20(27)15-13-14(22)5-6-16(15)23/h2-6,13H,7-12H2,1H3. The zero-order chi connectivity index (χ0) is 22.9. The highest BCUT2D eigenvalue weighted by molar-refractivity contribution is 9.10. The van der Waals surface area contributed by atoms with Crippen molar-refractivity contribution < 1.29 is 17.9 Å². The van der Waals surface area contributed by atoms with Gasteiger partial charge in [0, 0.05) is 36.9 Å². The number of hydrogen-bond donors (Lipinski definition) is 0. The molecule has 1 fully saturated rings. The monoisotopic (exact) mass is 557 g/mol. The number of carbonyl (C=O) groups excluding carboxylic acids is 1. The normalized spacial score (nSPS) is 15.2. The second kappa shape index (κ2) is 9.74. The van der Waals surface area contributed by atoms with E-state index < -0.39 is 9.84 Å². The van der Waals surface area contributed by atoms with E-state index in [1.165, 1.54) is 17.4 Å². The van der Waals surface area contributed by atoms with Crippen molar-refractivity contribution in [2.75, 3.05) is 50.5 Å². The number of halogens is 2. The van der Waals surface area contributed by atoms with Gasteiger partial charge in [-0.25, -0.2) is 13.4 Å². The van der Waals surface area contributed by atoms with Gasteiger partial charge in [-0.05, 0) is 30.3 Å². The lowest BCUT2D eigenvalue weighted by Crippen LogP contribution is -2.43. The summed E-state index contributed by atoms with van der Waals surface area (Å²) in [5.41, 5.74) is 0.727. The molecule has 32 heavy (non-hydrogen) atoms. The molecule has 1 aromatic heterocycles. The Hall–Kier alpha value is -1.56. The number of benzene rings is 2. The van der Waals surface area contributed by atoms with Gasteiger partial charge < -0.3 is 4.74 Å². The molecule has 0 aliphatic carbocycles. The third-order valence-corrected chi connectivity index (χ3v) is 8.14. The predicted octanol–water partition coefficient (Wildman–Crippen LogP) is 4.09. The van der Waals surface area contributed by atoms with Gasteiger partial charge >= 0.3 is 0 Å². The van der Waals surface area contributed by atoms with Crippen molar-refractivity contribution in [3.05, 3.63) is 51.5 Å². The third kappa shape index (κ3) is 5.16. The molecule has 0 N–H and O–H groups in total. The van der Waals surface area contributed by atoms with Gasteiger partial charge in [0.2, 0.25) is 0 Å². The number of anilines is 1. The molecule has 7 nitrogen and oxygen atoms in total. The molecular formula is C21H21BrClN3O4S2. The van der Waals surface area contributed by atoms with E-state index in [1.54, 1.807) is 29.2 Å². The van der Waals surface area contributed by atoms with Crippen molar-refractivity contribution in [2.45, 2.75) is 4.90 Å². The summed E-state index contributed by atoms with van der Waals surface area (Å²) in [6.07, 6.45) is 1.16. The van der Waals surface area contributed by atoms with Gasteiger partial charge in [-0.1, -0.05) is 44.9 Å². The van der Waals surface area contributed by atoms with Crippen LogP contribution in [0.4, 0.5) is 5.13 Å². The first-order valence-corrected chi connectivity index (χ1v) is 13.8. The summed E-state index contributed by atoms with van der Waals surface area (Å²) in [6, 6.07) is 10.1. The summed E-state index contributed by atoms with van der Waals surface area (Å²) in [6.45, 7) is 3.91. The first kappa shape index (κ1) is 23.6. The number of amides is 1. The van der Waals surface area contributed by atoms with Crippen LogP contribution in [-0.2, 0) is 14.6 Å². The lowest BCUT2D eigenvalue weighted by molar-refractivity contribution is 0.0391. The molecule has 0 bridgehead atoms. The maximum absolute atomic E-state index is 13.6. The number of hydrogen-bond acceptors (Lipinski definition) is 7. The summed E-state index contributed by atoms with van der Waals surface area (Å²) < 4.78 is 31.3. The van der Waals surface area contributed by atoms with Crippen LogP contribution in [0.15, 0.2) is 45.8 Å². The van der Waals surface area contributed by atoms with Crippen LogP contribution in [0, 0.1) is 0 Å². The van der Waals surface area contributed by atoms with Gasteiger partial charge in [0.25, 0.3) is 5.91 Å². The third-order valence-electron chi connectivity index (χ3n) is 5.15. The quantitative estimate of drug-likeness (QED) is 0.453. The number of nitrogens with zero attached hydrogens (tertiary/aromatic N) is 3. The highest BCUT2D eigenvalue weighted by atomic mass is 79.9. The fraction of sp³-hybridized carbons (Fsp3) is 0.333. The average molecular weight is 559 g/mol. The van der Waals surface area contributed by atoms with E-state index in [9.17, 15) is 13.2 Å². The Labute approximate surface area is 204 Å². The van der Waals surface area contributed by atoms with Crippen LogP contribution in [0.5, 0.6) is 0 Å². The molecule has 1 aliphatic rings. The molecule has 170 valence electrons. The highest BCUT2D eigenvalue weighted by Crippen LogP contribution is 2.34. The van der Waals surface area contributed by atoms with Crippen LogP contribution in [0.1, 0.15) is 10.4 Å². The SMILES string of the molecule is CS(=O)(=O)c1cccc2sc(N(CCN3CCOCC3)C(=O)c3cc(Br)ccc3Cl)nc12. The zero-order valence-corrected chi connectivity index (χ0v) is 21.2. The Morgan fingerprint density at radius 2 is 2.03 bits per heavy atom. The molecule has 2 heterocycles. The molecule has 0 saturated carbocycles. The van der Waals surface area contributed by atoms with Crippen molar-refractivity contribution in [1.29, 1.82) is 0 Å². The number of carbonyl (C=O) groups is 1. The van der Waals surface area contributed by atoms with E-state index in [4.69, 9.17) is 16.3 Å². The lowest BCUT2D eigenvalue weighted by Gasteiger charge is -2.29. The maximum atomic E-state index is 13.6. The Morgan fingerprint density at radius 3 is 2.75 bits per heavy atom. The Bertz CT molecular complexity index is 1260. The minimum atomic E-state index is -3.46. The summed E-state index contributed by atoms with van der Waals surface area (Å²) in [5, 5.41) is 0.776. The second-order valence-electron chi connectivity index (χ2n) is 7.41. The summed E-state index contributed by atoms with van der Waals surface area (Å²) >= 11 is 11.0. The lowest BCUT2D eigenvalue weighted by atomic mass is 10.2. The van der Waals surface area contributed by atoms with E-state index in [2.05, 4.69) is 25.8 Å². The Balaban J connectivity index is 1.74. The van der Waals surface area contributed by atoms with Crippen LogP contribution in [0.2, 0.25) is 5.02 Å². The Morgan fingerprint density at radius 1 is 1.28 bits per heavy atom. The topological polar surface area (TPSA) is 79.8 Å². The van der Waals surface area contributed by atoms with Crippen molar-refractivity contribution in [3.8, 4) is 0 Å². The van der Waals surface area contributed by atoms with Gasteiger partial charge in [-0.15, -0.1) is 0 Å². The summed E-state index contributed by atoms with van der Waals surface area (Å²) in [5.74, 6) is -0.287. The number of morpholine rings is 1. The van der Waals surface area contributed by atoms with Gasteiger partial charge in [-0.2, -0.15) is 0 Å². The number of para-hydroxylation sites is 1. The molecular weight excluding hydrogens is 538 g/mol. The summed E-state index contributed by atoms with van der Waals surface area (Å²) in [4.78, 5) is 22.1. The average Bonchev–Trinajstić information content (AvgIpc) is 3.19. The van der Waals surface area contributed by atoms with Crippen molar-refractivity contribution in [1.82, 2.24) is 9.88 Å². The molecule has 0 radical (unpaired) electrons. The molecule has 1 saturated heterocycles. The molecule has 11 heteroatoms. The fourth-order valence-electron chi connectivity index (χ4n) is 3.48. The molecule has 0 unspecified atom stereocenters. The van der Waals surface area contributed by atoms with Gasteiger partial charge in [0.15, 0.2) is 15.0 Å². The van der Waals surface area contributed by atoms with Crippen molar-refractivity contribution in [3.63, 3.8) is 0 Å². The summed E-state index contributed by atoms with van der Waals surface area (Å²) in [7, 11) is -3.46. The number of ether oxygens (including phenoxy) is 1. The van der Waals surface area contributed by atoms with E-state index >= 15 is 0 Å². The first-order valence-electron chi connectivity index (χ1n) is 9.90. The van der Waals surface area contributed by atoms with Gasteiger partial charge in [-0.3, -0.25) is 14.6 Å². The van der Waals surface area contributed by atoms with Gasteiger partial charge in [0.05, 0.1) is 33.4 Å². The van der Waals surface area contributed by atoms with Crippen LogP contribution >= 0.6 is 38.9 Å².